The maximum Gasteiger partial charge on any atom is 0.338 e. The molecular formula is C11H13ClN2O2. The minimum absolute atomic E-state index is 0.154. The molecule has 0 unspecified atom stereocenters. The number of nitrogens with zero attached hydrogens (tertiary/aromatic N) is 1. The number of primary amides is 1. The second kappa shape index (κ2) is 4.31. The third kappa shape index (κ3) is 2.13. The first-order chi connectivity index (χ1) is 7.58. The number of rotatable bonds is 2. The first kappa shape index (κ1) is 11.2. The quantitative estimate of drug-likeness (QED) is 0.616. The second-order valence-corrected chi connectivity index (χ2v) is 4.49. The molecule has 0 aliphatic heterocycles. The van der Waals surface area contributed by atoms with Crippen molar-refractivity contribution in [2.24, 2.45) is 5.73 Å². The molecule has 0 atom stereocenters. The lowest BCUT2D eigenvalue weighted by Crippen LogP contribution is -2.47. The van der Waals surface area contributed by atoms with Crippen molar-refractivity contribution >= 4 is 17.6 Å². The molecule has 0 heterocycles. The number of hydrogen-bond acceptors (Lipinski definition) is 2. The van der Waals surface area contributed by atoms with E-state index in [1.165, 1.54) is 5.56 Å². The fourth-order valence-electron chi connectivity index (χ4n) is 1.97. The largest absolute Gasteiger partial charge is 0.350 e. The molecule has 1 aliphatic rings. The lowest BCUT2D eigenvalue weighted by atomic mass is 9.76. The van der Waals surface area contributed by atoms with Crippen LogP contribution in [0, 0.1) is 0 Å². The minimum atomic E-state index is -0.792. The van der Waals surface area contributed by atoms with Crippen LogP contribution >= 0.6 is 11.6 Å². The highest BCUT2D eigenvalue weighted by atomic mass is 35.5. The fraction of sp³-hybridized carbons (Fsp3) is 0.364. The van der Waals surface area contributed by atoms with Gasteiger partial charge in [0.2, 0.25) is 0 Å². The number of urea groups is 1. The number of carbonyl (C=O) groups excluding carboxylic acids is 1. The van der Waals surface area contributed by atoms with Crippen molar-refractivity contribution in [3.63, 3.8) is 0 Å². The molecule has 0 radical (unpaired) electrons. The maximum absolute atomic E-state index is 10.7. The molecule has 5 heteroatoms. The molecule has 1 saturated carbocycles. The van der Waals surface area contributed by atoms with Gasteiger partial charge < -0.3 is 5.73 Å². The summed E-state index contributed by atoms with van der Waals surface area (Å²) in [6, 6.07) is 6.67. The van der Waals surface area contributed by atoms with Crippen LogP contribution in [-0.4, -0.2) is 22.3 Å². The number of benzene rings is 1. The molecule has 2 amide bonds. The van der Waals surface area contributed by atoms with Crippen LogP contribution in [0.25, 0.3) is 0 Å². The van der Waals surface area contributed by atoms with Gasteiger partial charge in [-0.1, -0.05) is 23.7 Å². The molecule has 0 bridgehead atoms. The minimum Gasteiger partial charge on any atom is -0.350 e. The van der Waals surface area contributed by atoms with Gasteiger partial charge in [-0.25, -0.2) is 9.86 Å². The molecule has 0 aromatic heterocycles. The fourth-order valence-corrected chi connectivity index (χ4v) is 2.10. The molecule has 1 fully saturated rings. The highest BCUT2D eigenvalue weighted by Crippen LogP contribution is 2.39. The molecule has 1 aliphatic carbocycles. The molecule has 1 aromatic carbocycles. The van der Waals surface area contributed by atoms with Gasteiger partial charge in [-0.3, -0.25) is 5.21 Å². The smallest absolute Gasteiger partial charge is 0.338 e. The van der Waals surface area contributed by atoms with Crippen LogP contribution in [0.2, 0.25) is 5.02 Å². The zero-order valence-corrected chi connectivity index (χ0v) is 9.39. The van der Waals surface area contributed by atoms with Gasteiger partial charge >= 0.3 is 6.03 Å². The molecule has 4 nitrogen and oxygen atoms in total. The van der Waals surface area contributed by atoms with Gasteiger partial charge in [-0.2, -0.15) is 0 Å². The summed E-state index contributed by atoms with van der Waals surface area (Å²) in [5.41, 5.74) is 6.15. The maximum atomic E-state index is 10.7. The van der Waals surface area contributed by atoms with Crippen molar-refractivity contribution in [1.82, 2.24) is 5.06 Å². The first-order valence-corrected chi connectivity index (χ1v) is 5.48. The second-order valence-electron chi connectivity index (χ2n) is 4.06. The molecule has 0 saturated heterocycles. The summed E-state index contributed by atoms with van der Waals surface area (Å²) in [6.07, 6.45) is 1.47. The first-order valence-electron chi connectivity index (χ1n) is 5.11. The lowest BCUT2D eigenvalue weighted by molar-refractivity contribution is -0.102. The van der Waals surface area contributed by atoms with Crippen molar-refractivity contribution < 1.29 is 10.0 Å². The Hall–Kier alpha value is -1.26. The number of amides is 2. The Balaban J connectivity index is 1.93. The number of hydrogen-bond donors (Lipinski definition) is 2. The van der Waals surface area contributed by atoms with Crippen LogP contribution in [0.5, 0.6) is 0 Å². The Kier molecular flexibility index (Phi) is 3.03. The molecule has 0 spiro atoms. The van der Waals surface area contributed by atoms with Crippen molar-refractivity contribution in [2.45, 2.75) is 24.8 Å². The van der Waals surface area contributed by atoms with Gasteiger partial charge in [0.1, 0.15) is 0 Å². The van der Waals surface area contributed by atoms with E-state index in [9.17, 15) is 10.0 Å². The van der Waals surface area contributed by atoms with Gasteiger partial charge in [-0.05, 0) is 36.5 Å². The van der Waals surface area contributed by atoms with Crippen molar-refractivity contribution in [3.05, 3.63) is 34.9 Å². The van der Waals surface area contributed by atoms with E-state index in [2.05, 4.69) is 0 Å². The summed E-state index contributed by atoms with van der Waals surface area (Å²) in [5.74, 6) is 0.372. The van der Waals surface area contributed by atoms with Crippen LogP contribution in [0.15, 0.2) is 24.3 Å². The van der Waals surface area contributed by atoms with Crippen LogP contribution in [0.4, 0.5) is 4.79 Å². The van der Waals surface area contributed by atoms with E-state index >= 15 is 0 Å². The highest BCUT2D eigenvalue weighted by molar-refractivity contribution is 6.30. The van der Waals surface area contributed by atoms with Gasteiger partial charge in [0.25, 0.3) is 0 Å². The van der Waals surface area contributed by atoms with Crippen molar-refractivity contribution in [3.8, 4) is 0 Å². The van der Waals surface area contributed by atoms with Crippen LogP contribution < -0.4 is 5.73 Å². The predicted octanol–water partition coefficient (Wildman–Crippen LogP) is 2.36. The summed E-state index contributed by atoms with van der Waals surface area (Å²) >= 11 is 5.79. The number of halogens is 1. The van der Waals surface area contributed by atoms with E-state index in [1.54, 1.807) is 0 Å². The Morgan fingerprint density at radius 2 is 1.94 bits per heavy atom. The molecule has 86 valence electrons. The number of hydroxylamine groups is 2. The standard InChI is InChI=1S/C11H13ClN2O2/c12-9-3-1-7(2-4-9)8-5-10(6-8)14(16)11(13)15/h1-4,8,10,16H,5-6H2,(H2,13,15)/t8-,10+. The topological polar surface area (TPSA) is 66.6 Å². The summed E-state index contributed by atoms with van der Waals surface area (Å²) in [6.45, 7) is 0. The van der Waals surface area contributed by atoms with Crippen molar-refractivity contribution in [1.29, 1.82) is 0 Å². The van der Waals surface area contributed by atoms with Crippen molar-refractivity contribution in [2.75, 3.05) is 0 Å². The van der Waals surface area contributed by atoms with Crippen LogP contribution in [0.3, 0.4) is 0 Å². The van der Waals surface area contributed by atoms with Crippen LogP contribution in [-0.2, 0) is 0 Å². The van der Waals surface area contributed by atoms with E-state index in [0.29, 0.717) is 16.0 Å². The van der Waals surface area contributed by atoms with E-state index in [-0.39, 0.29) is 6.04 Å². The van der Waals surface area contributed by atoms with E-state index < -0.39 is 6.03 Å². The average Bonchev–Trinajstić information content (AvgIpc) is 2.18. The van der Waals surface area contributed by atoms with E-state index in [1.807, 2.05) is 24.3 Å². The summed E-state index contributed by atoms with van der Waals surface area (Å²) in [4.78, 5) is 10.7. The Labute approximate surface area is 98.6 Å². The molecule has 3 N–H and O–H groups in total. The summed E-state index contributed by atoms with van der Waals surface area (Å²) in [7, 11) is 0. The lowest BCUT2D eigenvalue weighted by Gasteiger charge is -2.39. The molecule has 1 aromatic rings. The summed E-state index contributed by atoms with van der Waals surface area (Å²) < 4.78 is 0. The third-order valence-corrected chi connectivity index (χ3v) is 3.28. The average molecular weight is 241 g/mol. The van der Waals surface area contributed by atoms with Crippen LogP contribution in [0.1, 0.15) is 24.3 Å². The predicted molar refractivity (Wildman–Crippen MR) is 60.4 cm³/mol. The molecule has 16 heavy (non-hydrogen) atoms. The number of carbonyl (C=O) groups is 1. The molecular weight excluding hydrogens is 228 g/mol. The highest BCUT2D eigenvalue weighted by Gasteiger charge is 2.35. The Morgan fingerprint density at radius 3 is 2.44 bits per heavy atom. The third-order valence-electron chi connectivity index (χ3n) is 3.03. The normalized spacial score (nSPS) is 23.6. The SMILES string of the molecule is NC(=O)N(O)[C@H]1C[C@@H](c2ccc(Cl)cc2)C1. The van der Waals surface area contributed by atoms with E-state index in [0.717, 1.165) is 12.8 Å². The van der Waals surface area contributed by atoms with Gasteiger partial charge in [0, 0.05) is 5.02 Å². The number of nitrogens with two attached hydrogens (primary N) is 1. The summed E-state index contributed by atoms with van der Waals surface area (Å²) in [5, 5.41) is 10.6. The Morgan fingerprint density at radius 1 is 1.38 bits per heavy atom. The molecule has 2 rings (SSSR count). The van der Waals surface area contributed by atoms with Gasteiger partial charge in [-0.15, -0.1) is 0 Å². The van der Waals surface area contributed by atoms with Gasteiger partial charge in [0.05, 0.1) is 6.04 Å². The van der Waals surface area contributed by atoms with Gasteiger partial charge in [0.15, 0.2) is 0 Å². The zero-order valence-electron chi connectivity index (χ0n) is 8.64. The monoisotopic (exact) mass is 240 g/mol. The zero-order chi connectivity index (χ0) is 11.7. The van der Waals surface area contributed by atoms with E-state index in [4.69, 9.17) is 17.3 Å². The Bertz CT molecular complexity index is 387.